The maximum absolute atomic E-state index is 6.05. The van der Waals surface area contributed by atoms with Gasteiger partial charge in [0.25, 0.3) is 0 Å². The van der Waals surface area contributed by atoms with Gasteiger partial charge in [0.05, 0.1) is 6.10 Å². The fourth-order valence-corrected chi connectivity index (χ4v) is 4.73. The number of fused-ring (bicyclic) bond motifs is 2. The van der Waals surface area contributed by atoms with Crippen LogP contribution in [0.25, 0.3) is 0 Å². The van der Waals surface area contributed by atoms with Crippen LogP contribution in [0, 0.1) is 17.3 Å². The second kappa shape index (κ2) is 7.69. The molecule has 3 aliphatic rings. The van der Waals surface area contributed by atoms with Gasteiger partial charge in [-0.2, -0.15) is 0 Å². The van der Waals surface area contributed by atoms with E-state index in [9.17, 15) is 0 Å². The molecule has 1 heterocycles. The second-order valence-electron chi connectivity index (χ2n) is 7.49. The molecule has 0 aromatic carbocycles. The minimum Gasteiger partial charge on any atom is -0.377 e. The van der Waals surface area contributed by atoms with E-state index in [4.69, 9.17) is 4.74 Å². The topological polar surface area (TPSA) is 45.7 Å². The number of hydrogen-bond donors (Lipinski definition) is 2. The highest BCUT2D eigenvalue weighted by Gasteiger charge is 2.65. The zero-order valence-electron chi connectivity index (χ0n) is 14.2. The molecule has 0 bridgehead atoms. The summed E-state index contributed by atoms with van der Waals surface area (Å²) in [6.45, 7) is 6.48. The molecule has 0 aromatic rings. The standard InChI is InChI=1S/C17H31N3O.HI/c1-12(2)6-10-19-16(18-3)20-14-13-7-11-21-15(13)17(14)8-4-5-9-17;/h12-15H,4-11H2,1-3H3,(H2,18,19,20);1H. The Morgan fingerprint density at radius 1 is 1.32 bits per heavy atom. The van der Waals surface area contributed by atoms with Crippen molar-refractivity contribution >= 4 is 29.9 Å². The molecular formula is C17H32IN3O. The smallest absolute Gasteiger partial charge is 0.191 e. The lowest BCUT2D eigenvalue weighted by Crippen LogP contribution is -2.69. The Balaban J connectivity index is 0.00000176. The van der Waals surface area contributed by atoms with Gasteiger partial charge in [-0.15, -0.1) is 24.0 Å². The summed E-state index contributed by atoms with van der Waals surface area (Å²) >= 11 is 0. The maximum Gasteiger partial charge on any atom is 0.191 e. The highest BCUT2D eigenvalue weighted by Crippen LogP contribution is 2.60. The first kappa shape index (κ1) is 18.3. The predicted octanol–water partition coefficient (Wildman–Crippen LogP) is 3.16. The first-order valence-corrected chi connectivity index (χ1v) is 8.76. The van der Waals surface area contributed by atoms with Crippen LogP contribution in [0.3, 0.4) is 0 Å². The Labute approximate surface area is 152 Å². The summed E-state index contributed by atoms with van der Waals surface area (Å²) in [7, 11) is 1.88. The van der Waals surface area contributed by atoms with Crippen LogP contribution in [-0.4, -0.2) is 38.3 Å². The SMILES string of the molecule is CN=C(NCCC(C)C)NC1C2CCOC2C12CCCC2.I. The zero-order chi connectivity index (χ0) is 14.9. The lowest BCUT2D eigenvalue weighted by atomic mass is 9.54. The van der Waals surface area contributed by atoms with Crippen LogP contribution >= 0.6 is 24.0 Å². The molecular weight excluding hydrogens is 389 g/mol. The summed E-state index contributed by atoms with van der Waals surface area (Å²) in [4.78, 5) is 4.43. The van der Waals surface area contributed by atoms with Crippen LogP contribution in [0.2, 0.25) is 0 Å². The molecule has 1 spiro atoms. The van der Waals surface area contributed by atoms with Gasteiger partial charge in [0.2, 0.25) is 0 Å². The first-order valence-electron chi connectivity index (χ1n) is 8.76. The first-order chi connectivity index (χ1) is 10.2. The van der Waals surface area contributed by atoms with Gasteiger partial charge in [-0.1, -0.05) is 26.7 Å². The minimum absolute atomic E-state index is 0. The summed E-state index contributed by atoms with van der Waals surface area (Å²) in [6.07, 6.45) is 8.31. The van der Waals surface area contributed by atoms with Gasteiger partial charge in [-0.3, -0.25) is 4.99 Å². The van der Waals surface area contributed by atoms with Gasteiger partial charge in [0.15, 0.2) is 5.96 Å². The number of ether oxygens (including phenoxy) is 1. The van der Waals surface area contributed by atoms with Crippen molar-refractivity contribution in [2.24, 2.45) is 22.2 Å². The Kier molecular flexibility index (Phi) is 6.39. The van der Waals surface area contributed by atoms with Crippen molar-refractivity contribution in [3.63, 3.8) is 0 Å². The van der Waals surface area contributed by atoms with E-state index in [1.165, 1.54) is 38.5 Å². The lowest BCUT2D eigenvalue weighted by molar-refractivity contribution is -0.125. The lowest BCUT2D eigenvalue weighted by Gasteiger charge is -2.57. The maximum atomic E-state index is 6.05. The van der Waals surface area contributed by atoms with Crippen LogP contribution in [0.15, 0.2) is 4.99 Å². The third kappa shape index (κ3) is 3.25. The monoisotopic (exact) mass is 421 g/mol. The number of rotatable bonds is 4. The van der Waals surface area contributed by atoms with E-state index in [1.54, 1.807) is 0 Å². The van der Waals surface area contributed by atoms with Gasteiger partial charge in [-0.05, 0) is 31.6 Å². The Bertz CT molecular complexity index is 393. The van der Waals surface area contributed by atoms with E-state index >= 15 is 0 Å². The Morgan fingerprint density at radius 3 is 2.68 bits per heavy atom. The number of aliphatic imine (C=N–C) groups is 1. The molecule has 0 aromatic heterocycles. The van der Waals surface area contributed by atoms with Crippen LogP contribution in [-0.2, 0) is 4.74 Å². The molecule has 3 fully saturated rings. The predicted molar refractivity (Wildman–Crippen MR) is 102 cm³/mol. The average molecular weight is 421 g/mol. The van der Waals surface area contributed by atoms with Crippen molar-refractivity contribution in [1.29, 1.82) is 0 Å². The summed E-state index contributed by atoms with van der Waals surface area (Å²) in [5.74, 6) is 2.41. The molecule has 2 saturated carbocycles. The van der Waals surface area contributed by atoms with E-state index in [1.807, 2.05) is 7.05 Å². The van der Waals surface area contributed by atoms with E-state index < -0.39 is 0 Å². The molecule has 3 rings (SSSR count). The number of halogens is 1. The van der Waals surface area contributed by atoms with E-state index in [-0.39, 0.29) is 24.0 Å². The molecule has 2 N–H and O–H groups in total. The van der Waals surface area contributed by atoms with Gasteiger partial charge in [-0.25, -0.2) is 0 Å². The largest absolute Gasteiger partial charge is 0.377 e. The molecule has 0 amide bonds. The highest BCUT2D eigenvalue weighted by molar-refractivity contribution is 14.0. The quantitative estimate of drug-likeness (QED) is 0.417. The van der Waals surface area contributed by atoms with Crippen LogP contribution < -0.4 is 10.6 Å². The van der Waals surface area contributed by atoms with Gasteiger partial charge in [0, 0.05) is 37.6 Å². The third-order valence-corrected chi connectivity index (χ3v) is 5.82. The van der Waals surface area contributed by atoms with E-state index in [0.717, 1.165) is 25.0 Å². The molecule has 1 aliphatic heterocycles. The molecule has 128 valence electrons. The molecule has 3 unspecified atom stereocenters. The average Bonchev–Trinajstić information content (AvgIpc) is 3.09. The van der Waals surface area contributed by atoms with Gasteiger partial charge >= 0.3 is 0 Å². The van der Waals surface area contributed by atoms with Crippen molar-refractivity contribution in [2.45, 2.75) is 64.5 Å². The number of nitrogens with one attached hydrogen (secondary N) is 2. The summed E-state index contributed by atoms with van der Waals surface area (Å²) in [5.41, 5.74) is 0.400. The molecule has 2 aliphatic carbocycles. The van der Waals surface area contributed by atoms with Crippen molar-refractivity contribution < 1.29 is 4.74 Å². The molecule has 5 heteroatoms. The van der Waals surface area contributed by atoms with Crippen LogP contribution in [0.1, 0.15) is 52.4 Å². The molecule has 22 heavy (non-hydrogen) atoms. The van der Waals surface area contributed by atoms with E-state index in [2.05, 4.69) is 29.5 Å². The molecule has 1 saturated heterocycles. The van der Waals surface area contributed by atoms with Gasteiger partial charge in [0.1, 0.15) is 0 Å². The van der Waals surface area contributed by atoms with Crippen molar-refractivity contribution in [2.75, 3.05) is 20.2 Å². The Hall–Kier alpha value is -0.0400. The molecule has 3 atom stereocenters. The van der Waals surface area contributed by atoms with E-state index in [0.29, 0.717) is 23.5 Å². The number of guanidine groups is 1. The minimum atomic E-state index is 0. The Morgan fingerprint density at radius 2 is 2.05 bits per heavy atom. The van der Waals surface area contributed by atoms with Crippen molar-refractivity contribution in [3.05, 3.63) is 0 Å². The summed E-state index contributed by atoms with van der Waals surface area (Å²) in [5, 5.41) is 7.22. The normalized spacial score (nSPS) is 32.5. The van der Waals surface area contributed by atoms with Crippen molar-refractivity contribution in [3.8, 4) is 0 Å². The fraction of sp³-hybridized carbons (Fsp3) is 0.941. The second-order valence-corrected chi connectivity index (χ2v) is 7.49. The zero-order valence-corrected chi connectivity index (χ0v) is 16.6. The molecule has 4 nitrogen and oxygen atoms in total. The highest BCUT2D eigenvalue weighted by atomic mass is 127. The summed E-state index contributed by atoms with van der Waals surface area (Å²) in [6, 6.07) is 0.567. The fourth-order valence-electron chi connectivity index (χ4n) is 4.73. The van der Waals surface area contributed by atoms with Gasteiger partial charge < -0.3 is 15.4 Å². The number of nitrogens with zero attached hydrogens (tertiary/aromatic N) is 1. The summed E-state index contributed by atoms with van der Waals surface area (Å²) < 4.78 is 6.05. The third-order valence-electron chi connectivity index (χ3n) is 5.82. The van der Waals surface area contributed by atoms with Crippen LogP contribution in [0.5, 0.6) is 0 Å². The van der Waals surface area contributed by atoms with Crippen molar-refractivity contribution in [1.82, 2.24) is 10.6 Å². The van der Waals surface area contributed by atoms with Crippen LogP contribution in [0.4, 0.5) is 0 Å². The molecule has 0 radical (unpaired) electrons. The number of hydrogen-bond acceptors (Lipinski definition) is 2.